The van der Waals surface area contributed by atoms with Crippen LogP contribution in [0.25, 0.3) is 0 Å². The fraction of sp³-hybridized carbons (Fsp3) is 0.700. The first kappa shape index (κ1) is 15.6. The van der Waals surface area contributed by atoms with Gasteiger partial charge in [0.1, 0.15) is 0 Å². The number of hydrogen-bond acceptors (Lipinski definition) is 3. The van der Waals surface area contributed by atoms with Gasteiger partial charge in [-0.15, -0.1) is 0 Å². The Morgan fingerprint density at radius 1 is 1.26 bits per heavy atom. The molecule has 3 atom stereocenters. The van der Waals surface area contributed by atoms with E-state index in [9.17, 15) is 10.2 Å². The van der Waals surface area contributed by atoms with E-state index in [0.29, 0.717) is 6.04 Å². The van der Waals surface area contributed by atoms with Gasteiger partial charge in [0.15, 0.2) is 0 Å². The maximum absolute atomic E-state index is 10.2. The maximum atomic E-state index is 10.2. The number of likely N-dealkylation sites (tertiary alicyclic amines) is 1. The molecule has 126 valence electrons. The second kappa shape index (κ2) is 5.87. The van der Waals surface area contributed by atoms with Gasteiger partial charge in [0.25, 0.3) is 0 Å². The number of rotatable bonds is 5. The van der Waals surface area contributed by atoms with Crippen LogP contribution in [0.3, 0.4) is 0 Å². The topological polar surface area (TPSA) is 43.7 Å². The Kier molecular flexibility index (Phi) is 3.99. The second-order valence-corrected chi connectivity index (χ2v) is 8.04. The Labute approximate surface area is 139 Å². The molecule has 1 heterocycles. The predicted molar refractivity (Wildman–Crippen MR) is 91.5 cm³/mol. The normalized spacial score (nSPS) is 33.5. The molecule has 1 aromatic carbocycles. The summed E-state index contributed by atoms with van der Waals surface area (Å²) >= 11 is 0. The molecule has 2 N–H and O–H groups in total. The summed E-state index contributed by atoms with van der Waals surface area (Å²) in [6, 6.07) is 7.26. The van der Waals surface area contributed by atoms with Gasteiger partial charge in [0.05, 0.1) is 0 Å². The number of nitrogens with zero attached hydrogens (tertiary/aromatic N) is 1. The average Bonchev–Trinajstić information content (AvgIpc) is 3.35. The van der Waals surface area contributed by atoms with Crippen LogP contribution in [0.4, 0.5) is 0 Å². The largest absolute Gasteiger partial charge is 0.396 e. The van der Waals surface area contributed by atoms with E-state index in [0.717, 1.165) is 31.7 Å². The minimum absolute atomic E-state index is 0.0339. The third kappa shape index (κ3) is 2.54. The zero-order valence-corrected chi connectivity index (χ0v) is 14.2. The number of fused-ring (bicyclic) bond motifs is 4. The van der Waals surface area contributed by atoms with Crippen molar-refractivity contribution in [3.8, 4) is 0 Å². The third-order valence-corrected chi connectivity index (χ3v) is 6.66. The van der Waals surface area contributed by atoms with Crippen LogP contribution >= 0.6 is 0 Å². The van der Waals surface area contributed by atoms with Crippen LogP contribution in [-0.4, -0.2) is 47.5 Å². The molecular formula is C20H29NO2. The van der Waals surface area contributed by atoms with Crippen LogP contribution in [0, 0.1) is 18.8 Å². The van der Waals surface area contributed by atoms with Crippen molar-refractivity contribution in [2.75, 3.05) is 26.3 Å². The molecule has 3 nitrogen and oxygen atoms in total. The van der Waals surface area contributed by atoms with E-state index in [1.54, 1.807) is 0 Å². The molecule has 1 aliphatic heterocycles. The lowest BCUT2D eigenvalue weighted by atomic mass is 9.56. The lowest BCUT2D eigenvalue weighted by molar-refractivity contribution is -0.0266. The Hall–Kier alpha value is -0.900. The highest BCUT2D eigenvalue weighted by Gasteiger charge is 2.52. The van der Waals surface area contributed by atoms with E-state index in [-0.39, 0.29) is 24.5 Å². The second-order valence-electron chi connectivity index (χ2n) is 8.04. The monoisotopic (exact) mass is 315 g/mol. The maximum Gasteiger partial charge on any atom is 0.0482 e. The van der Waals surface area contributed by atoms with Gasteiger partial charge in [-0.25, -0.2) is 0 Å². The number of benzene rings is 1. The molecule has 3 heteroatoms. The van der Waals surface area contributed by atoms with Crippen molar-refractivity contribution in [1.82, 2.24) is 4.90 Å². The number of piperidine rings is 1. The molecule has 1 unspecified atom stereocenters. The molecule has 1 aromatic rings. The first-order valence-electron chi connectivity index (χ1n) is 9.24. The van der Waals surface area contributed by atoms with Crippen molar-refractivity contribution < 1.29 is 10.2 Å². The molecule has 1 saturated carbocycles. The van der Waals surface area contributed by atoms with E-state index in [1.807, 2.05) is 0 Å². The molecule has 2 bridgehead atoms. The van der Waals surface area contributed by atoms with Gasteiger partial charge in [0, 0.05) is 37.1 Å². The summed E-state index contributed by atoms with van der Waals surface area (Å²) in [4.78, 5) is 2.65. The zero-order chi connectivity index (χ0) is 16.0. The van der Waals surface area contributed by atoms with Crippen LogP contribution in [0.5, 0.6) is 0 Å². The van der Waals surface area contributed by atoms with Crippen molar-refractivity contribution in [2.24, 2.45) is 11.8 Å². The van der Waals surface area contributed by atoms with Crippen molar-refractivity contribution in [1.29, 1.82) is 0 Å². The lowest BCUT2D eigenvalue weighted by Gasteiger charge is -2.56. The Balaban J connectivity index is 1.76. The molecule has 3 aliphatic rings. The van der Waals surface area contributed by atoms with Crippen LogP contribution in [0.2, 0.25) is 0 Å². The van der Waals surface area contributed by atoms with E-state index >= 15 is 0 Å². The fourth-order valence-corrected chi connectivity index (χ4v) is 5.28. The van der Waals surface area contributed by atoms with Crippen LogP contribution < -0.4 is 0 Å². The molecule has 23 heavy (non-hydrogen) atoms. The van der Waals surface area contributed by atoms with Crippen LogP contribution in [0.1, 0.15) is 42.4 Å². The molecule has 2 fully saturated rings. The summed E-state index contributed by atoms with van der Waals surface area (Å²) in [6.07, 6.45) is 5.66. The summed E-state index contributed by atoms with van der Waals surface area (Å²) in [5.74, 6) is 1.15. The summed E-state index contributed by atoms with van der Waals surface area (Å²) in [7, 11) is 0. The summed E-state index contributed by atoms with van der Waals surface area (Å²) in [5.41, 5.74) is 4.11. The average molecular weight is 315 g/mol. The van der Waals surface area contributed by atoms with Gasteiger partial charge in [0.2, 0.25) is 0 Å². The Bertz CT molecular complexity index is 583. The molecule has 0 aromatic heterocycles. The highest BCUT2D eigenvalue weighted by Crippen LogP contribution is 2.51. The molecule has 1 saturated heterocycles. The van der Waals surface area contributed by atoms with Crippen molar-refractivity contribution in [3.05, 3.63) is 34.9 Å². The highest BCUT2D eigenvalue weighted by molar-refractivity contribution is 5.43. The van der Waals surface area contributed by atoms with Gasteiger partial charge in [-0.05, 0) is 62.6 Å². The van der Waals surface area contributed by atoms with E-state index in [2.05, 4.69) is 30.0 Å². The Morgan fingerprint density at radius 3 is 2.78 bits per heavy atom. The van der Waals surface area contributed by atoms with Crippen molar-refractivity contribution in [3.63, 3.8) is 0 Å². The summed E-state index contributed by atoms with van der Waals surface area (Å²) in [6.45, 7) is 4.91. The molecule has 0 spiro atoms. The van der Waals surface area contributed by atoms with Crippen LogP contribution in [-0.2, 0) is 11.8 Å². The van der Waals surface area contributed by atoms with Crippen molar-refractivity contribution in [2.45, 2.75) is 50.5 Å². The lowest BCUT2D eigenvalue weighted by Crippen LogP contribution is -2.61. The molecule has 0 amide bonds. The fourth-order valence-electron chi connectivity index (χ4n) is 5.28. The number of aryl methyl sites for hydroxylation is 1. The number of hydrogen-bond donors (Lipinski definition) is 2. The zero-order valence-electron chi connectivity index (χ0n) is 14.2. The minimum atomic E-state index is -0.0339. The number of aliphatic hydroxyl groups is 2. The number of aliphatic hydroxyl groups excluding tert-OH is 2. The van der Waals surface area contributed by atoms with E-state index < -0.39 is 0 Å². The van der Waals surface area contributed by atoms with Crippen LogP contribution in [0.15, 0.2) is 18.2 Å². The quantitative estimate of drug-likeness (QED) is 0.876. The smallest absolute Gasteiger partial charge is 0.0482 e. The van der Waals surface area contributed by atoms with Crippen molar-refractivity contribution >= 4 is 0 Å². The summed E-state index contributed by atoms with van der Waals surface area (Å²) in [5, 5.41) is 20.0. The van der Waals surface area contributed by atoms with Gasteiger partial charge in [-0.3, -0.25) is 4.90 Å². The minimum Gasteiger partial charge on any atom is -0.396 e. The molecular weight excluding hydrogens is 286 g/mol. The van der Waals surface area contributed by atoms with Gasteiger partial charge in [-0.1, -0.05) is 23.8 Å². The molecule has 2 aliphatic carbocycles. The third-order valence-electron chi connectivity index (χ3n) is 6.66. The highest BCUT2D eigenvalue weighted by atomic mass is 16.3. The standard InChI is InChI=1S/C20H29NO2/c1-14-2-5-16-11-19-18(13-23)20(7-9-22,17(16)10-14)6-8-21(19)12-15-3-4-15/h2,5,10,15,18-19,22-23H,3-4,6-9,11-13H2,1H3/t18?,19-,20+/m1/s1. The van der Waals surface area contributed by atoms with E-state index in [1.165, 1.54) is 36.1 Å². The Morgan fingerprint density at radius 2 is 2.09 bits per heavy atom. The predicted octanol–water partition coefficient (Wildman–Crippen LogP) is 2.26. The first-order valence-corrected chi connectivity index (χ1v) is 9.24. The first-order chi connectivity index (χ1) is 11.2. The molecule has 4 rings (SSSR count). The van der Waals surface area contributed by atoms with Gasteiger partial charge < -0.3 is 10.2 Å². The molecule has 0 radical (unpaired) electrons. The SMILES string of the molecule is Cc1ccc2c(c1)[C@@]1(CCO)CCN(CC3CC3)[C@H](C2)C1CO. The van der Waals surface area contributed by atoms with Gasteiger partial charge >= 0.3 is 0 Å². The van der Waals surface area contributed by atoms with E-state index in [4.69, 9.17) is 0 Å². The summed E-state index contributed by atoms with van der Waals surface area (Å²) < 4.78 is 0. The van der Waals surface area contributed by atoms with Gasteiger partial charge in [-0.2, -0.15) is 0 Å².